The normalized spacial score (nSPS) is 15.4. The fourth-order valence-corrected chi connectivity index (χ4v) is 5.14. The third-order valence-electron chi connectivity index (χ3n) is 6.17. The highest BCUT2D eigenvalue weighted by molar-refractivity contribution is 7.89. The van der Waals surface area contributed by atoms with Crippen LogP contribution in [0.3, 0.4) is 0 Å². The number of carbonyl (C=O) groups is 1. The largest absolute Gasteiger partial charge is 0.326 e. The summed E-state index contributed by atoms with van der Waals surface area (Å²) in [7, 11) is -3.78. The predicted octanol–water partition coefficient (Wildman–Crippen LogP) is 3.07. The van der Waals surface area contributed by atoms with E-state index in [0.717, 1.165) is 25.6 Å². The fourth-order valence-electron chi connectivity index (χ4n) is 4.08. The number of hydrogen-bond acceptors (Lipinski definition) is 5. The zero-order valence-electron chi connectivity index (χ0n) is 19.2. The van der Waals surface area contributed by atoms with Crippen molar-refractivity contribution in [2.45, 2.75) is 37.6 Å². The van der Waals surface area contributed by atoms with Gasteiger partial charge in [0.1, 0.15) is 0 Å². The van der Waals surface area contributed by atoms with E-state index >= 15 is 0 Å². The van der Waals surface area contributed by atoms with Crippen molar-refractivity contribution in [3.63, 3.8) is 0 Å². The maximum absolute atomic E-state index is 12.6. The first-order valence-electron chi connectivity index (χ1n) is 11.5. The minimum atomic E-state index is -3.78. The van der Waals surface area contributed by atoms with Gasteiger partial charge >= 0.3 is 0 Å². The number of fused-ring (bicyclic) bond motifs is 1. The Morgan fingerprint density at radius 2 is 1.79 bits per heavy atom. The Balaban J connectivity index is 1.26. The van der Waals surface area contributed by atoms with E-state index in [1.807, 2.05) is 24.3 Å². The topological polar surface area (TPSA) is 111 Å². The summed E-state index contributed by atoms with van der Waals surface area (Å²) in [5.74, 6) is 0.536. The molecule has 9 heteroatoms. The first-order chi connectivity index (χ1) is 16.3. The van der Waals surface area contributed by atoms with Gasteiger partial charge in [0.15, 0.2) is 0 Å². The second-order valence-corrected chi connectivity index (χ2v) is 10.7. The summed E-state index contributed by atoms with van der Waals surface area (Å²) in [6.07, 6.45) is 2.48. The highest BCUT2D eigenvalue weighted by Gasteiger charge is 2.16. The van der Waals surface area contributed by atoms with Gasteiger partial charge in [-0.1, -0.05) is 19.1 Å². The van der Waals surface area contributed by atoms with Crippen LogP contribution in [0.1, 0.15) is 31.7 Å². The number of H-pyrrole nitrogens is 1. The van der Waals surface area contributed by atoms with Gasteiger partial charge in [-0.05, 0) is 79.2 Å². The van der Waals surface area contributed by atoms with Crippen molar-refractivity contribution >= 4 is 32.5 Å². The molecule has 1 amide bonds. The number of benzene rings is 2. The summed E-state index contributed by atoms with van der Waals surface area (Å²) in [5.41, 5.74) is 2.20. The Labute approximate surface area is 199 Å². The number of hydrogen-bond donors (Lipinski definition) is 3. The van der Waals surface area contributed by atoms with E-state index < -0.39 is 10.0 Å². The summed E-state index contributed by atoms with van der Waals surface area (Å²) in [6, 6.07) is 15.2. The van der Waals surface area contributed by atoms with Crippen LogP contribution < -0.4 is 15.6 Å². The molecule has 4 rings (SSSR count). The number of amides is 1. The maximum Gasteiger partial charge on any atom is 0.248 e. The highest BCUT2D eigenvalue weighted by Crippen LogP contribution is 2.19. The number of rotatable bonds is 8. The smallest absolute Gasteiger partial charge is 0.248 e. The number of nitrogens with one attached hydrogen (secondary N) is 3. The summed E-state index contributed by atoms with van der Waals surface area (Å²) in [4.78, 5) is 28.8. The Hall–Kier alpha value is -3.01. The molecule has 0 atom stereocenters. The van der Waals surface area contributed by atoms with Gasteiger partial charge in [0.2, 0.25) is 21.5 Å². The molecule has 3 aromatic rings. The molecule has 2 aromatic carbocycles. The van der Waals surface area contributed by atoms with E-state index in [-0.39, 0.29) is 29.3 Å². The zero-order valence-corrected chi connectivity index (χ0v) is 20.0. The van der Waals surface area contributed by atoms with Gasteiger partial charge in [-0.2, -0.15) is 0 Å². The van der Waals surface area contributed by atoms with E-state index in [4.69, 9.17) is 0 Å². The second kappa shape index (κ2) is 10.5. The van der Waals surface area contributed by atoms with Gasteiger partial charge in [-0.3, -0.25) is 14.5 Å². The summed E-state index contributed by atoms with van der Waals surface area (Å²) in [6.45, 7) is 5.42. The third kappa shape index (κ3) is 6.31. The van der Waals surface area contributed by atoms with Gasteiger partial charge in [0.05, 0.1) is 4.90 Å². The quantitative estimate of drug-likeness (QED) is 0.457. The first-order valence-corrected chi connectivity index (χ1v) is 13.0. The third-order valence-corrected chi connectivity index (χ3v) is 7.63. The summed E-state index contributed by atoms with van der Waals surface area (Å²) >= 11 is 0. The van der Waals surface area contributed by atoms with Gasteiger partial charge < -0.3 is 10.3 Å². The predicted molar refractivity (Wildman–Crippen MR) is 133 cm³/mol. The molecule has 0 saturated carbocycles. The fraction of sp³-hybridized carbons (Fsp3) is 0.360. The molecule has 2 heterocycles. The molecule has 1 aromatic heterocycles. The molecule has 34 heavy (non-hydrogen) atoms. The number of anilines is 1. The molecule has 0 radical (unpaired) electrons. The van der Waals surface area contributed by atoms with E-state index in [2.05, 4.69) is 26.8 Å². The highest BCUT2D eigenvalue weighted by atomic mass is 32.2. The number of piperidine rings is 1. The van der Waals surface area contributed by atoms with Crippen LogP contribution in [0.2, 0.25) is 0 Å². The van der Waals surface area contributed by atoms with Crippen LogP contribution in [0, 0.1) is 5.92 Å². The lowest BCUT2D eigenvalue weighted by Crippen LogP contribution is -2.32. The first kappa shape index (κ1) is 24.1. The van der Waals surface area contributed by atoms with Crippen molar-refractivity contribution < 1.29 is 13.2 Å². The molecule has 1 aliphatic heterocycles. The lowest BCUT2D eigenvalue weighted by Gasteiger charge is -2.30. The number of nitrogens with zero attached hydrogens (tertiary/aromatic N) is 1. The van der Waals surface area contributed by atoms with E-state index in [9.17, 15) is 18.0 Å². The number of pyridine rings is 1. The van der Waals surface area contributed by atoms with E-state index in [0.29, 0.717) is 16.6 Å². The minimum absolute atomic E-state index is 0.00778. The van der Waals surface area contributed by atoms with Crippen LogP contribution in [-0.4, -0.2) is 43.8 Å². The molecule has 1 aliphatic rings. The van der Waals surface area contributed by atoms with Crippen molar-refractivity contribution in [3.8, 4) is 0 Å². The van der Waals surface area contributed by atoms with Crippen molar-refractivity contribution in [2.75, 3.05) is 25.0 Å². The van der Waals surface area contributed by atoms with Crippen molar-refractivity contribution in [3.05, 3.63) is 70.5 Å². The van der Waals surface area contributed by atoms with Crippen LogP contribution in [-0.2, 0) is 21.4 Å². The number of aromatic amines is 1. The number of carbonyl (C=O) groups excluding carboxylic acids is 1. The molecule has 3 N–H and O–H groups in total. The summed E-state index contributed by atoms with van der Waals surface area (Å²) in [5, 5.41) is 3.42. The molecular weight excluding hydrogens is 452 g/mol. The van der Waals surface area contributed by atoms with Gasteiger partial charge in [0, 0.05) is 36.8 Å². The molecule has 0 unspecified atom stereocenters. The molecule has 0 bridgehead atoms. The Morgan fingerprint density at radius 3 is 2.53 bits per heavy atom. The van der Waals surface area contributed by atoms with Gasteiger partial charge in [-0.15, -0.1) is 0 Å². The van der Waals surface area contributed by atoms with Gasteiger partial charge in [0.25, 0.3) is 0 Å². The lowest BCUT2D eigenvalue weighted by molar-refractivity contribution is -0.116. The van der Waals surface area contributed by atoms with Gasteiger partial charge in [-0.25, -0.2) is 13.1 Å². The SMILES string of the molecule is CC1CCN(Cc2ccc(NC(=O)CCNS(=O)(=O)c3ccc4[nH]c(=O)ccc4c3)cc2)CC1. The average molecular weight is 483 g/mol. The summed E-state index contributed by atoms with van der Waals surface area (Å²) < 4.78 is 27.6. The Kier molecular flexibility index (Phi) is 7.45. The monoisotopic (exact) mass is 482 g/mol. The van der Waals surface area contributed by atoms with Crippen molar-refractivity contribution in [1.82, 2.24) is 14.6 Å². The van der Waals surface area contributed by atoms with Crippen LogP contribution >= 0.6 is 0 Å². The number of likely N-dealkylation sites (tertiary alicyclic amines) is 1. The average Bonchev–Trinajstić information content (AvgIpc) is 2.81. The Morgan fingerprint density at radius 1 is 1.06 bits per heavy atom. The van der Waals surface area contributed by atoms with Crippen LogP contribution in [0.25, 0.3) is 10.9 Å². The molecular formula is C25H30N4O4S. The van der Waals surface area contributed by atoms with E-state index in [1.165, 1.54) is 36.6 Å². The number of aromatic nitrogens is 1. The van der Waals surface area contributed by atoms with E-state index in [1.54, 1.807) is 12.1 Å². The molecule has 0 aliphatic carbocycles. The molecule has 180 valence electrons. The zero-order chi connectivity index (χ0) is 24.1. The Bertz CT molecular complexity index is 1310. The minimum Gasteiger partial charge on any atom is -0.326 e. The van der Waals surface area contributed by atoms with Crippen LogP contribution in [0.15, 0.2) is 64.3 Å². The molecule has 1 saturated heterocycles. The van der Waals surface area contributed by atoms with Crippen molar-refractivity contribution in [2.24, 2.45) is 5.92 Å². The van der Waals surface area contributed by atoms with Crippen LogP contribution in [0.4, 0.5) is 5.69 Å². The molecule has 8 nitrogen and oxygen atoms in total. The second-order valence-electron chi connectivity index (χ2n) is 8.92. The van der Waals surface area contributed by atoms with Crippen LogP contribution in [0.5, 0.6) is 0 Å². The molecule has 1 fully saturated rings. The lowest BCUT2D eigenvalue weighted by atomic mass is 9.99. The van der Waals surface area contributed by atoms with Crippen molar-refractivity contribution in [1.29, 1.82) is 0 Å². The number of sulfonamides is 1. The maximum atomic E-state index is 12.6. The molecule has 0 spiro atoms. The standard InChI is InChI=1S/C25H30N4O4S/c1-18-11-14-29(15-12-18)17-19-2-5-21(6-3-19)27-25(31)10-13-26-34(32,33)22-7-8-23-20(16-22)4-9-24(30)28-23/h2-9,16,18,26H,10-15,17H2,1H3,(H,27,31)(H,28,30).